The average molecular weight is 189 g/mol. The molecule has 0 unspecified atom stereocenters. The molecule has 4 heteroatoms. The Labute approximate surface area is 73.2 Å². The molecular formula is C8H15NO2S. The van der Waals surface area contributed by atoms with Crippen LogP contribution in [0.2, 0.25) is 0 Å². The molecule has 12 heavy (non-hydrogen) atoms. The van der Waals surface area contributed by atoms with Gasteiger partial charge in [-0.25, -0.2) is 8.42 Å². The maximum Gasteiger partial charge on any atom is 0.150 e. The fourth-order valence-corrected chi connectivity index (χ4v) is 3.64. The van der Waals surface area contributed by atoms with Gasteiger partial charge in [-0.1, -0.05) is 0 Å². The molecule has 2 atom stereocenters. The van der Waals surface area contributed by atoms with E-state index in [1.165, 1.54) is 0 Å². The van der Waals surface area contributed by atoms with Crippen molar-refractivity contribution in [3.63, 3.8) is 0 Å². The number of sulfone groups is 1. The van der Waals surface area contributed by atoms with Crippen molar-refractivity contribution in [3.8, 4) is 0 Å². The molecule has 0 bridgehead atoms. The fraction of sp³-hybridized carbons (Fsp3) is 1.00. The molecule has 2 rings (SSSR count). The molecule has 2 fully saturated rings. The fourth-order valence-electron chi connectivity index (χ4n) is 2.11. The first-order valence-electron chi connectivity index (χ1n) is 4.54. The van der Waals surface area contributed by atoms with Crippen molar-refractivity contribution in [2.75, 3.05) is 11.5 Å². The Bertz CT molecular complexity index is 259. The van der Waals surface area contributed by atoms with Gasteiger partial charge in [0.05, 0.1) is 11.5 Å². The molecule has 0 aromatic carbocycles. The summed E-state index contributed by atoms with van der Waals surface area (Å²) in [5, 5.41) is 0. The third-order valence-electron chi connectivity index (χ3n) is 3.10. The predicted molar refractivity (Wildman–Crippen MR) is 47.5 cm³/mol. The second-order valence-corrected chi connectivity index (χ2v) is 6.36. The van der Waals surface area contributed by atoms with Crippen molar-refractivity contribution in [1.29, 1.82) is 0 Å². The maximum atomic E-state index is 11.1. The van der Waals surface area contributed by atoms with Gasteiger partial charge >= 0.3 is 0 Å². The first-order valence-corrected chi connectivity index (χ1v) is 6.37. The molecule has 0 amide bonds. The van der Waals surface area contributed by atoms with E-state index >= 15 is 0 Å². The second-order valence-electron chi connectivity index (χ2n) is 4.05. The van der Waals surface area contributed by atoms with Crippen LogP contribution in [0.25, 0.3) is 0 Å². The van der Waals surface area contributed by atoms with Gasteiger partial charge in [0, 0.05) is 6.04 Å². The summed E-state index contributed by atoms with van der Waals surface area (Å²) in [4.78, 5) is 0. The number of nitrogens with two attached hydrogens (primary N) is 1. The Morgan fingerprint density at radius 2 is 1.67 bits per heavy atom. The van der Waals surface area contributed by atoms with E-state index in [2.05, 4.69) is 0 Å². The topological polar surface area (TPSA) is 60.2 Å². The van der Waals surface area contributed by atoms with Crippen molar-refractivity contribution < 1.29 is 8.42 Å². The van der Waals surface area contributed by atoms with Crippen LogP contribution in [0.15, 0.2) is 0 Å². The highest BCUT2D eigenvalue weighted by molar-refractivity contribution is 7.91. The summed E-state index contributed by atoms with van der Waals surface area (Å²) in [6.07, 6.45) is 2.81. The summed E-state index contributed by atoms with van der Waals surface area (Å²) < 4.78 is 22.2. The van der Waals surface area contributed by atoms with E-state index in [1.807, 2.05) is 0 Å². The minimum absolute atomic E-state index is 0.371. The van der Waals surface area contributed by atoms with Crippen molar-refractivity contribution in [3.05, 3.63) is 0 Å². The van der Waals surface area contributed by atoms with Crippen LogP contribution < -0.4 is 5.73 Å². The molecule has 3 nitrogen and oxygen atoms in total. The lowest BCUT2D eigenvalue weighted by molar-refractivity contribution is 0.408. The molecular weight excluding hydrogens is 174 g/mol. The lowest BCUT2D eigenvalue weighted by Gasteiger charge is -2.21. The molecule has 1 aliphatic heterocycles. The van der Waals surface area contributed by atoms with E-state index in [1.54, 1.807) is 0 Å². The van der Waals surface area contributed by atoms with Crippen LogP contribution in [0, 0.1) is 11.8 Å². The highest BCUT2D eigenvalue weighted by atomic mass is 32.2. The van der Waals surface area contributed by atoms with Crippen LogP contribution in [0.3, 0.4) is 0 Å². The Hall–Kier alpha value is -0.0900. The monoisotopic (exact) mass is 189 g/mol. The van der Waals surface area contributed by atoms with Crippen LogP contribution in [0.5, 0.6) is 0 Å². The van der Waals surface area contributed by atoms with Crippen molar-refractivity contribution in [2.24, 2.45) is 17.6 Å². The molecule has 2 N–H and O–H groups in total. The van der Waals surface area contributed by atoms with Crippen LogP contribution >= 0.6 is 0 Å². The van der Waals surface area contributed by atoms with E-state index in [0.29, 0.717) is 29.4 Å². The molecule has 0 radical (unpaired) electrons. The van der Waals surface area contributed by atoms with Gasteiger partial charge < -0.3 is 5.73 Å². The quantitative estimate of drug-likeness (QED) is 0.639. The molecule has 70 valence electrons. The Kier molecular flexibility index (Phi) is 1.92. The molecule has 1 saturated carbocycles. The average Bonchev–Trinajstić information content (AvgIpc) is 2.67. The zero-order valence-corrected chi connectivity index (χ0v) is 7.89. The first-order chi connectivity index (χ1) is 5.58. The lowest BCUT2D eigenvalue weighted by Crippen LogP contribution is -2.25. The highest BCUT2D eigenvalue weighted by Crippen LogP contribution is 2.41. The zero-order chi connectivity index (χ0) is 8.77. The number of hydrogen-bond acceptors (Lipinski definition) is 3. The summed E-state index contributed by atoms with van der Waals surface area (Å²) in [6, 6.07) is 0.371. The largest absolute Gasteiger partial charge is 0.327 e. The highest BCUT2D eigenvalue weighted by Gasteiger charge is 2.42. The smallest absolute Gasteiger partial charge is 0.150 e. The molecule has 2 aliphatic rings. The van der Waals surface area contributed by atoms with E-state index in [9.17, 15) is 8.42 Å². The van der Waals surface area contributed by atoms with Gasteiger partial charge in [0.15, 0.2) is 0 Å². The van der Waals surface area contributed by atoms with E-state index in [4.69, 9.17) is 5.73 Å². The van der Waals surface area contributed by atoms with Crippen LogP contribution in [0.4, 0.5) is 0 Å². The van der Waals surface area contributed by atoms with Gasteiger partial charge in [-0.3, -0.25) is 0 Å². The van der Waals surface area contributed by atoms with E-state index in [0.717, 1.165) is 19.3 Å². The van der Waals surface area contributed by atoms with Crippen molar-refractivity contribution in [1.82, 2.24) is 0 Å². The molecule has 0 aromatic rings. The molecule has 1 aliphatic carbocycles. The summed E-state index contributed by atoms with van der Waals surface area (Å²) in [6.45, 7) is 0. The second kappa shape index (κ2) is 2.70. The normalized spacial score (nSPS) is 41.1. The third-order valence-corrected chi connectivity index (χ3v) is 4.81. The van der Waals surface area contributed by atoms with Crippen molar-refractivity contribution in [2.45, 2.75) is 25.3 Å². The minimum Gasteiger partial charge on any atom is -0.327 e. The van der Waals surface area contributed by atoms with Crippen LogP contribution in [-0.4, -0.2) is 26.0 Å². The molecule has 0 aromatic heterocycles. The summed E-state index contributed by atoms with van der Waals surface area (Å²) in [5.41, 5.74) is 5.72. The van der Waals surface area contributed by atoms with Gasteiger partial charge in [0.25, 0.3) is 0 Å². The first kappa shape index (κ1) is 8.51. The number of hydrogen-bond donors (Lipinski definition) is 1. The van der Waals surface area contributed by atoms with Crippen molar-refractivity contribution >= 4 is 9.84 Å². The third kappa shape index (κ3) is 1.64. The lowest BCUT2D eigenvalue weighted by atomic mass is 9.97. The summed E-state index contributed by atoms with van der Waals surface area (Å²) >= 11 is 0. The maximum absolute atomic E-state index is 11.1. The van der Waals surface area contributed by atoms with Crippen LogP contribution in [-0.2, 0) is 9.84 Å². The zero-order valence-electron chi connectivity index (χ0n) is 7.07. The molecule has 0 spiro atoms. The van der Waals surface area contributed by atoms with Gasteiger partial charge in [-0.2, -0.15) is 0 Å². The number of rotatable bonds is 1. The van der Waals surface area contributed by atoms with Gasteiger partial charge in [-0.05, 0) is 31.1 Å². The standard InChI is InChI=1S/C8H15NO2S/c9-8-5-7(8)6-1-3-12(10,11)4-2-6/h6-8H,1-5,9H2/t7-,8+/m1/s1. The van der Waals surface area contributed by atoms with E-state index in [-0.39, 0.29) is 0 Å². The van der Waals surface area contributed by atoms with Gasteiger partial charge in [-0.15, -0.1) is 0 Å². The summed E-state index contributed by atoms with van der Waals surface area (Å²) in [7, 11) is -2.68. The minimum atomic E-state index is -2.68. The Morgan fingerprint density at radius 1 is 1.17 bits per heavy atom. The van der Waals surface area contributed by atoms with E-state index < -0.39 is 9.84 Å². The SMILES string of the molecule is N[C@H]1C[C@@H]1C1CCS(=O)(=O)CC1. The van der Waals surface area contributed by atoms with Crippen LogP contribution in [0.1, 0.15) is 19.3 Å². The molecule has 1 heterocycles. The predicted octanol–water partition coefficient (Wildman–Crippen LogP) is 0.158. The Morgan fingerprint density at radius 3 is 2.08 bits per heavy atom. The van der Waals surface area contributed by atoms with Gasteiger partial charge in [0.1, 0.15) is 9.84 Å². The van der Waals surface area contributed by atoms with Gasteiger partial charge in [0.2, 0.25) is 0 Å². The molecule has 1 saturated heterocycles. The summed E-state index contributed by atoms with van der Waals surface area (Å²) in [5.74, 6) is 2.02. The Balaban J connectivity index is 1.91.